The summed E-state index contributed by atoms with van der Waals surface area (Å²) < 4.78 is 7.27. The zero-order valence-electron chi connectivity index (χ0n) is 18.2. The van der Waals surface area contributed by atoms with Crippen molar-refractivity contribution in [2.75, 3.05) is 11.9 Å². The largest absolute Gasteiger partial charge is 0.462 e. The number of carbonyl (C=O) groups is 2. The zero-order valence-corrected chi connectivity index (χ0v) is 19.0. The molecule has 4 rings (SSSR count). The fourth-order valence-corrected chi connectivity index (χ4v) is 4.40. The smallest absolute Gasteiger partial charge is 0.341 e. The first-order chi connectivity index (χ1) is 15.5. The van der Waals surface area contributed by atoms with Gasteiger partial charge in [0.1, 0.15) is 10.6 Å². The molecule has 1 N–H and O–H groups in total. The minimum atomic E-state index is -0.444. The van der Waals surface area contributed by atoms with Gasteiger partial charge >= 0.3 is 5.97 Å². The number of nitrogens with one attached hydrogen (secondary N) is 1. The van der Waals surface area contributed by atoms with E-state index in [9.17, 15) is 9.59 Å². The number of anilines is 1. The number of thiophene rings is 1. The molecule has 0 atom stereocenters. The van der Waals surface area contributed by atoms with Gasteiger partial charge in [0, 0.05) is 34.6 Å². The molecule has 32 heavy (non-hydrogen) atoms. The Morgan fingerprint density at radius 1 is 1.00 bits per heavy atom. The highest BCUT2D eigenvalue weighted by Gasteiger charge is 2.23. The van der Waals surface area contributed by atoms with Crippen LogP contribution in [0.2, 0.25) is 0 Å². The number of hydrogen-bond donors (Lipinski definition) is 1. The quantitative estimate of drug-likeness (QED) is 0.358. The number of hydrogen-bond acceptors (Lipinski definition) is 4. The highest BCUT2D eigenvalue weighted by molar-refractivity contribution is 7.15. The molecule has 0 saturated carbocycles. The molecule has 0 spiro atoms. The summed E-state index contributed by atoms with van der Waals surface area (Å²) in [6.45, 7) is 6.11. The van der Waals surface area contributed by atoms with Crippen molar-refractivity contribution < 1.29 is 14.3 Å². The zero-order chi connectivity index (χ0) is 22.7. The second-order valence-electron chi connectivity index (χ2n) is 7.46. The third-order valence-electron chi connectivity index (χ3n) is 5.35. The van der Waals surface area contributed by atoms with Crippen molar-refractivity contribution >= 4 is 28.2 Å². The van der Waals surface area contributed by atoms with E-state index in [1.165, 1.54) is 16.9 Å². The lowest BCUT2D eigenvalue weighted by Crippen LogP contribution is -2.15. The second-order valence-corrected chi connectivity index (χ2v) is 8.34. The van der Waals surface area contributed by atoms with Gasteiger partial charge in [0.25, 0.3) is 5.91 Å². The topological polar surface area (TPSA) is 60.3 Å². The van der Waals surface area contributed by atoms with Gasteiger partial charge in [-0.15, -0.1) is 11.3 Å². The molecule has 0 bridgehead atoms. The Morgan fingerprint density at radius 3 is 2.38 bits per heavy atom. The Hall–Kier alpha value is -3.64. The number of ether oxygens (including phenoxy) is 1. The fraction of sp³-hybridized carbons (Fsp3) is 0.154. The van der Waals surface area contributed by atoms with Gasteiger partial charge in [0.05, 0.1) is 6.61 Å². The van der Waals surface area contributed by atoms with Crippen LogP contribution in [0.4, 0.5) is 5.00 Å². The molecule has 6 heteroatoms. The molecule has 4 aromatic rings. The molecular formula is C26H24N2O3S. The Bertz CT molecular complexity index is 1250. The first-order valence-electron chi connectivity index (χ1n) is 10.4. The van der Waals surface area contributed by atoms with Crippen molar-refractivity contribution in [3.63, 3.8) is 0 Å². The lowest BCUT2D eigenvalue weighted by atomic mass is 9.99. The van der Waals surface area contributed by atoms with E-state index < -0.39 is 5.97 Å². The molecule has 162 valence electrons. The van der Waals surface area contributed by atoms with Gasteiger partial charge in [0.2, 0.25) is 0 Å². The van der Waals surface area contributed by atoms with Gasteiger partial charge in [0.15, 0.2) is 0 Å². The Morgan fingerprint density at radius 2 is 1.72 bits per heavy atom. The van der Waals surface area contributed by atoms with Crippen LogP contribution >= 0.6 is 11.3 Å². The maximum atomic E-state index is 12.9. The van der Waals surface area contributed by atoms with Crippen LogP contribution in [0.3, 0.4) is 0 Å². The number of aromatic nitrogens is 1. The van der Waals surface area contributed by atoms with Crippen molar-refractivity contribution in [3.8, 4) is 16.8 Å². The summed E-state index contributed by atoms with van der Waals surface area (Å²) in [5, 5.41) is 5.28. The van der Waals surface area contributed by atoms with E-state index in [1.807, 2.05) is 78.7 Å². The predicted octanol–water partition coefficient (Wildman–Crippen LogP) is 6.25. The molecule has 0 aliphatic rings. The average Bonchev–Trinajstić information content (AvgIpc) is 3.46. The summed E-state index contributed by atoms with van der Waals surface area (Å²) in [5.41, 5.74) is 5.86. The van der Waals surface area contributed by atoms with Gasteiger partial charge in [-0.1, -0.05) is 18.2 Å². The van der Waals surface area contributed by atoms with E-state index in [1.54, 1.807) is 19.1 Å². The first kappa shape index (κ1) is 21.6. The lowest BCUT2D eigenvalue weighted by molar-refractivity contribution is 0.0529. The van der Waals surface area contributed by atoms with Crippen LogP contribution in [-0.4, -0.2) is 23.1 Å². The Balaban J connectivity index is 1.64. The van der Waals surface area contributed by atoms with Gasteiger partial charge in [-0.2, -0.15) is 0 Å². The number of aryl methyl sites for hydroxylation is 2. The molecule has 0 unspecified atom stereocenters. The molecule has 0 fully saturated rings. The molecule has 0 radical (unpaired) electrons. The number of rotatable bonds is 6. The van der Waals surface area contributed by atoms with E-state index in [0.29, 0.717) is 16.1 Å². The SMILES string of the molecule is CCOC(=O)c1c(-c2ccc(C)c(C)c2)csc1NC(=O)c1ccc(-n2cccc2)cc1. The van der Waals surface area contributed by atoms with E-state index in [0.717, 1.165) is 22.4 Å². The Labute approximate surface area is 191 Å². The monoisotopic (exact) mass is 444 g/mol. The van der Waals surface area contributed by atoms with E-state index in [-0.39, 0.29) is 12.5 Å². The van der Waals surface area contributed by atoms with Crippen LogP contribution in [-0.2, 0) is 4.74 Å². The number of carbonyl (C=O) groups excluding carboxylic acids is 2. The predicted molar refractivity (Wildman–Crippen MR) is 129 cm³/mol. The molecule has 0 aliphatic heterocycles. The van der Waals surface area contributed by atoms with Crippen LogP contribution in [0.5, 0.6) is 0 Å². The highest BCUT2D eigenvalue weighted by atomic mass is 32.1. The summed E-state index contributed by atoms with van der Waals surface area (Å²) in [6.07, 6.45) is 3.89. The highest BCUT2D eigenvalue weighted by Crippen LogP contribution is 2.37. The number of esters is 1. The van der Waals surface area contributed by atoms with Crippen LogP contribution in [0.1, 0.15) is 38.8 Å². The van der Waals surface area contributed by atoms with E-state index in [2.05, 4.69) is 5.32 Å². The third kappa shape index (κ3) is 4.36. The summed E-state index contributed by atoms with van der Waals surface area (Å²) >= 11 is 1.32. The average molecular weight is 445 g/mol. The molecule has 5 nitrogen and oxygen atoms in total. The van der Waals surface area contributed by atoms with Crippen LogP contribution < -0.4 is 5.32 Å². The van der Waals surface area contributed by atoms with Gasteiger partial charge in [-0.25, -0.2) is 4.79 Å². The minimum Gasteiger partial charge on any atom is -0.462 e. The van der Waals surface area contributed by atoms with Crippen LogP contribution in [0, 0.1) is 13.8 Å². The third-order valence-corrected chi connectivity index (χ3v) is 6.24. The molecule has 0 saturated heterocycles. The number of nitrogens with zero attached hydrogens (tertiary/aromatic N) is 1. The van der Waals surface area contributed by atoms with Gasteiger partial charge in [-0.3, -0.25) is 4.79 Å². The summed E-state index contributed by atoms with van der Waals surface area (Å²) in [5.74, 6) is -0.719. The molecule has 1 amide bonds. The van der Waals surface area contributed by atoms with Crippen LogP contribution in [0.25, 0.3) is 16.8 Å². The maximum Gasteiger partial charge on any atom is 0.341 e. The van der Waals surface area contributed by atoms with Crippen molar-refractivity contribution in [1.29, 1.82) is 0 Å². The van der Waals surface area contributed by atoms with Gasteiger partial charge in [-0.05, 0) is 73.9 Å². The summed E-state index contributed by atoms with van der Waals surface area (Å²) in [7, 11) is 0. The molecule has 2 heterocycles. The number of benzene rings is 2. The van der Waals surface area contributed by atoms with E-state index in [4.69, 9.17) is 4.74 Å². The Kier molecular flexibility index (Phi) is 6.23. The molecule has 0 aliphatic carbocycles. The van der Waals surface area contributed by atoms with Crippen molar-refractivity contribution in [2.24, 2.45) is 0 Å². The van der Waals surface area contributed by atoms with Crippen molar-refractivity contribution in [1.82, 2.24) is 4.57 Å². The standard InChI is InChI=1S/C26H24N2O3S/c1-4-31-26(30)23-22(20-8-7-17(2)18(3)15-20)16-32-25(23)27-24(29)19-9-11-21(12-10-19)28-13-5-6-14-28/h5-16H,4H2,1-3H3,(H,27,29). The normalized spacial score (nSPS) is 10.7. The molecule has 2 aromatic carbocycles. The molecule has 2 aromatic heterocycles. The van der Waals surface area contributed by atoms with Gasteiger partial charge < -0.3 is 14.6 Å². The lowest BCUT2D eigenvalue weighted by Gasteiger charge is -2.10. The summed E-state index contributed by atoms with van der Waals surface area (Å²) in [6, 6.07) is 17.3. The van der Waals surface area contributed by atoms with Crippen molar-refractivity contribution in [2.45, 2.75) is 20.8 Å². The first-order valence-corrected chi connectivity index (χ1v) is 11.3. The number of amides is 1. The second kappa shape index (κ2) is 9.24. The molecular weight excluding hydrogens is 420 g/mol. The van der Waals surface area contributed by atoms with Crippen molar-refractivity contribution in [3.05, 3.63) is 94.6 Å². The maximum absolute atomic E-state index is 12.9. The summed E-state index contributed by atoms with van der Waals surface area (Å²) in [4.78, 5) is 25.7. The van der Waals surface area contributed by atoms with Crippen LogP contribution in [0.15, 0.2) is 72.4 Å². The fourth-order valence-electron chi connectivity index (χ4n) is 3.44. The minimum absolute atomic E-state index is 0.259. The van der Waals surface area contributed by atoms with E-state index >= 15 is 0 Å².